The smallest absolute Gasteiger partial charge is 0.261 e. The summed E-state index contributed by atoms with van der Waals surface area (Å²) in [6, 6.07) is 10.4. The molecule has 0 bridgehead atoms. The minimum Gasteiger partial charge on any atom is -0.280 e. The van der Waals surface area contributed by atoms with Crippen LogP contribution in [0.25, 0.3) is 10.4 Å². The lowest BCUT2D eigenvalue weighted by molar-refractivity contribution is 0.599. The van der Waals surface area contributed by atoms with Gasteiger partial charge in [-0.2, -0.15) is 0 Å². The number of azide groups is 1. The van der Waals surface area contributed by atoms with Crippen molar-refractivity contribution in [3.8, 4) is 0 Å². The van der Waals surface area contributed by atoms with Crippen molar-refractivity contribution in [3.63, 3.8) is 0 Å². The molecule has 2 rings (SSSR count). The summed E-state index contributed by atoms with van der Waals surface area (Å²) < 4.78 is 39.2. The maximum Gasteiger partial charge on any atom is 0.261 e. The van der Waals surface area contributed by atoms with Crippen molar-refractivity contribution in [3.05, 3.63) is 64.8 Å². The fraction of sp³-hybridized carbons (Fsp3) is 0. The lowest BCUT2D eigenvalue weighted by Gasteiger charge is -2.08. The fourth-order valence-electron chi connectivity index (χ4n) is 1.51. The van der Waals surface area contributed by atoms with Crippen molar-refractivity contribution in [2.45, 2.75) is 4.90 Å². The van der Waals surface area contributed by atoms with Crippen LogP contribution in [0.2, 0.25) is 0 Å². The maximum absolute atomic E-state index is 12.8. The highest BCUT2D eigenvalue weighted by Gasteiger charge is 2.14. The molecule has 1 N–H and O–H groups in total. The Morgan fingerprint density at radius 3 is 2.50 bits per heavy atom. The molecule has 0 saturated carbocycles. The van der Waals surface area contributed by atoms with Crippen LogP contribution in [0.1, 0.15) is 0 Å². The van der Waals surface area contributed by atoms with E-state index in [-0.39, 0.29) is 16.3 Å². The SMILES string of the molecule is [N-]=[N+]=Nc1cccc(NS(=O)(=O)c2ccc(F)cc2)c1. The van der Waals surface area contributed by atoms with Gasteiger partial charge in [-0.25, -0.2) is 12.8 Å². The predicted octanol–water partition coefficient (Wildman–Crippen LogP) is 3.57. The van der Waals surface area contributed by atoms with Gasteiger partial charge < -0.3 is 0 Å². The van der Waals surface area contributed by atoms with Crippen LogP contribution in [0.15, 0.2) is 58.5 Å². The molecule has 0 spiro atoms. The number of anilines is 1. The Hall–Kier alpha value is -2.57. The molecule has 2 aromatic rings. The number of rotatable bonds is 4. The first kappa shape index (κ1) is 13.9. The first-order valence-corrected chi connectivity index (χ1v) is 6.93. The van der Waals surface area contributed by atoms with E-state index in [2.05, 4.69) is 14.7 Å². The molecule has 102 valence electrons. The number of nitrogens with zero attached hydrogens (tertiary/aromatic N) is 3. The summed E-state index contributed by atoms with van der Waals surface area (Å²) in [7, 11) is -3.81. The van der Waals surface area contributed by atoms with Gasteiger partial charge >= 0.3 is 0 Å². The van der Waals surface area contributed by atoms with Crippen LogP contribution in [0.3, 0.4) is 0 Å². The molecule has 0 aliphatic heterocycles. The number of benzene rings is 2. The Morgan fingerprint density at radius 2 is 1.85 bits per heavy atom. The van der Waals surface area contributed by atoms with Gasteiger partial charge in [0.2, 0.25) is 0 Å². The monoisotopic (exact) mass is 292 g/mol. The van der Waals surface area contributed by atoms with E-state index in [1.54, 1.807) is 6.07 Å². The van der Waals surface area contributed by atoms with Gasteiger partial charge in [0.15, 0.2) is 0 Å². The third-order valence-electron chi connectivity index (χ3n) is 2.38. The molecule has 0 aliphatic carbocycles. The van der Waals surface area contributed by atoms with Gasteiger partial charge in [0.05, 0.1) is 4.90 Å². The Kier molecular flexibility index (Phi) is 3.88. The van der Waals surface area contributed by atoms with Crippen molar-refractivity contribution in [1.82, 2.24) is 0 Å². The zero-order valence-corrected chi connectivity index (χ0v) is 10.9. The number of nitrogens with one attached hydrogen (secondary N) is 1. The molecule has 6 nitrogen and oxygen atoms in total. The number of sulfonamides is 1. The van der Waals surface area contributed by atoms with Crippen molar-refractivity contribution in [2.75, 3.05) is 4.72 Å². The summed E-state index contributed by atoms with van der Waals surface area (Å²) in [4.78, 5) is 2.56. The van der Waals surface area contributed by atoms with Crippen LogP contribution >= 0.6 is 0 Å². The third kappa shape index (κ3) is 3.25. The Balaban J connectivity index is 2.30. The molecule has 0 aliphatic rings. The zero-order valence-electron chi connectivity index (χ0n) is 10.1. The topological polar surface area (TPSA) is 94.9 Å². The van der Waals surface area contributed by atoms with Crippen molar-refractivity contribution < 1.29 is 12.8 Å². The molecule has 0 fully saturated rings. The van der Waals surface area contributed by atoms with Gasteiger partial charge in [-0.1, -0.05) is 17.2 Å². The largest absolute Gasteiger partial charge is 0.280 e. The van der Waals surface area contributed by atoms with E-state index in [4.69, 9.17) is 5.53 Å². The van der Waals surface area contributed by atoms with E-state index < -0.39 is 15.8 Å². The van der Waals surface area contributed by atoms with Gasteiger partial charge in [0, 0.05) is 16.3 Å². The molecule has 8 heteroatoms. The molecule has 2 aromatic carbocycles. The van der Waals surface area contributed by atoms with Gasteiger partial charge in [0.1, 0.15) is 5.82 Å². The van der Waals surface area contributed by atoms with Crippen LogP contribution in [0.4, 0.5) is 15.8 Å². The Morgan fingerprint density at radius 1 is 1.15 bits per heavy atom. The minimum absolute atomic E-state index is 0.0620. The maximum atomic E-state index is 12.8. The molecular weight excluding hydrogens is 283 g/mol. The van der Waals surface area contributed by atoms with E-state index in [0.29, 0.717) is 0 Å². The minimum atomic E-state index is -3.81. The highest BCUT2D eigenvalue weighted by Crippen LogP contribution is 2.21. The number of hydrogen-bond acceptors (Lipinski definition) is 3. The van der Waals surface area contributed by atoms with E-state index in [1.165, 1.54) is 18.2 Å². The fourth-order valence-corrected chi connectivity index (χ4v) is 2.56. The molecular formula is C12H9FN4O2S. The molecule has 0 amide bonds. The lowest BCUT2D eigenvalue weighted by Crippen LogP contribution is -2.12. The molecule has 20 heavy (non-hydrogen) atoms. The second kappa shape index (κ2) is 5.60. The van der Waals surface area contributed by atoms with Crippen molar-refractivity contribution in [1.29, 1.82) is 0 Å². The summed E-state index contributed by atoms with van der Waals surface area (Å²) in [6.07, 6.45) is 0. The van der Waals surface area contributed by atoms with Crippen LogP contribution in [-0.4, -0.2) is 8.42 Å². The molecule has 0 heterocycles. The van der Waals surface area contributed by atoms with Gasteiger partial charge in [-0.05, 0) is 41.9 Å². The second-order valence-corrected chi connectivity index (χ2v) is 5.48. The van der Waals surface area contributed by atoms with E-state index in [9.17, 15) is 12.8 Å². The summed E-state index contributed by atoms with van der Waals surface area (Å²) in [5.41, 5.74) is 8.86. The summed E-state index contributed by atoms with van der Waals surface area (Å²) in [5, 5.41) is 3.38. The van der Waals surface area contributed by atoms with Gasteiger partial charge in [0.25, 0.3) is 10.0 Å². The van der Waals surface area contributed by atoms with E-state index >= 15 is 0 Å². The van der Waals surface area contributed by atoms with E-state index in [0.717, 1.165) is 24.3 Å². The highest BCUT2D eigenvalue weighted by atomic mass is 32.2. The summed E-state index contributed by atoms with van der Waals surface area (Å²) in [6.45, 7) is 0. The first-order chi connectivity index (χ1) is 9.51. The first-order valence-electron chi connectivity index (χ1n) is 5.45. The van der Waals surface area contributed by atoms with Crippen molar-refractivity contribution >= 4 is 21.4 Å². The van der Waals surface area contributed by atoms with Gasteiger partial charge in [-0.15, -0.1) is 0 Å². The van der Waals surface area contributed by atoms with Gasteiger partial charge in [-0.3, -0.25) is 4.72 Å². The standard InChI is InChI=1S/C12H9FN4O2S/c13-9-4-6-12(7-5-9)20(18,19)16-11-3-1-2-10(8-11)15-17-14/h1-8,16H. The molecule has 0 aromatic heterocycles. The van der Waals surface area contributed by atoms with Crippen LogP contribution in [0.5, 0.6) is 0 Å². The van der Waals surface area contributed by atoms with E-state index in [1.807, 2.05) is 0 Å². The molecule has 0 unspecified atom stereocenters. The number of hydrogen-bond donors (Lipinski definition) is 1. The van der Waals surface area contributed by atoms with Crippen LogP contribution < -0.4 is 4.72 Å². The summed E-state index contributed by atoms with van der Waals surface area (Å²) >= 11 is 0. The Labute approximate surface area is 114 Å². The van der Waals surface area contributed by atoms with Crippen molar-refractivity contribution in [2.24, 2.45) is 5.11 Å². The average Bonchev–Trinajstić information content (AvgIpc) is 2.39. The molecule has 0 radical (unpaired) electrons. The van der Waals surface area contributed by atoms with Crippen LogP contribution in [-0.2, 0) is 10.0 Å². The Bertz CT molecular complexity index is 768. The highest BCUT2D eigenvalue weighted by molar-refractivity contribution is 7.92. The average molecular weight is 292 g/mol. The van der Waals surface area contributed by atoms with Crippen LogP contribution in [0, 0.1) is 5.82 Å². The zero-order chi connectivity index (χ0) is 14.6. The predicted molar refractivity (Wildman–Crippen MR) is 72.5 cm³/mol. The normalized spacial score (nSPS) is 10.7. The number of halogens is 1. The summed E-state index contributed by atoms with van der Waals surface area (Å²) in [5.74, 6) is -0.519. The molecule has 0 saturated heterocycles. The second-order valence-electron chi connectivity index (χ2n) is 3.80. The lowest BCUT2D eigenvalue weighted by atomic mass is 10.3. The quantitative estimate of drug-likeness (QED) is 0.529. The third-order valence-corrected chi connectivity index (χ3v) is 3.78. The molecule has 0 atom stereocenters.